The minimum absolute atomic E-state index is 0.277. The minimum atomic E-state index is -0.978. The quantitative estimate of drug-likeness (QED) is 0.399. The zero-order valence-electron chi connectivity index (χ0n) is 8.36. The largest absolute Gasteiger partial charge is 0.370 e. The molecule has 0 aromatic rings. The lowest BCUT2D eigenvalue weighted by Gasteiger charge is -2.28. The van der Waals surface area contributed by atoms with Gasteiger partial charge in [0.25, 0.3) is 0 Å². The maximum absolute atomic E-state index is 11.4. The van der Waals surface area contributed by atoms with Gasteiger partial charge in [-0.2, -0.15) is 0 Å². The van der Waals surface area contributed by atoms with E-state index in [2.05, 4.69) is 10.6 Å². The van der Waals surface area contributed by atoms with Crippen LogP contribution in [0.15, 0.2) is 0 Å². The summed E-state index contributed by atoms with van der Waals surface area (Å²) in [5.41, 5.74) is 9.80. The summed E-state index contributed by atoms with van der Waals surface area (Å²) < 4.78 is 0. The molecule has 1 saturated heterocycles. The fourth-order valence-electron chi connectivity index (χ4n) is 1.37. The Morgan fingerprint density at radius 2 is 1.25 bits per heavy atom. The summed E-state index contributed by atoms with van der Waals surface area (Å²) in [6.07, 6.45) is -0.554. The zero-order valence-corrected chi connectivity index (χ0v) is 8.36. The molecule has 0 radical (unpaired) electrons. The van der Waals surface area contributed by atoms with E-state index >= 15 is 0 Å². The van der Waals surface area contributed by atoms with Gasteiger partial charge in [-0.3, -0.25) is 19.2 Å². The smallest absolute Gasteiger partial charge is 0.243 e. The molecule has 1 rings (SSSR count). The summed E-state index contributed by atoms with van der Waals surface area (Å²) in [6.45, 7) is 0. The van der Waals surface area contributed by atoms with E-state index in [1.165, 1.54) is 0 Å². The average Bonchev–Trinajstić information content (AvgIpc) is 2.11. The van der Waals surface area contributed by atoms with Crippen molar-refractivity contribution < 1.29 is 19.2 Å². The van der Waals surface area contributed by atoms with Crippen molar-refractivity contribution in [3.8, 4) is 0 Å². The molecule has 16 heavy (non-hydrogen) atoms. The van der Waals surface area contributed by atoms with Gasteiger partial charge in [0, 0.05) is 0 Å². The van der Waals surface area contributed by atoms with Crippen LogP contribution in [0.25, 0.3) is 0 Å². The van der Waals surface area contributed by atoms with Gasteiger partial charge in [-0.25, -0.2) is 0 Å². The molecule has 0 saturated carbocycles. The molecule has 8 heteroatoms. The molecule has 1 aliphatic heterocycles. The Hall–Kier alpha value is -2.12. The van der Waals surface area contributed by atoms with Gasteiger partial charge in [-0.1, -0.05) is 0 Å². The van der Waals surface area contributed by atoms with Gasteiger partial charge in [0.05, 0.1) is 12.8 Å². The summed E-state index contributed by atoms with van der Waals surface area (Å²) in [4.78, 5) is 44.0. The number of piperazine rings is 1. The van der Waals surface area contributed by atoms with Gasteiger partial charge in [0.15, 0.2) is 0 Å². The van der Waals surface area contributed by atoms with Crippen LogP contribution in [0.3, 0.4) is 0 Å². The lowest BCUT2D eigenvalue weighted by Crippen LogP contribution is -2.62. The molecule has 4 amide bonds. The third kappa shape index (κ3) is 2.94. The van der Waals surface area contributed by atoms with Crippen molar-refractivity contribution in [1.82, 2.24) is 10.6 Å². The van der Waals surface area contributed by atoms with Gasteiger partial charge in [0.1, 0.15) is 12.1 Å². The summed E-state index contributed by atoms with van der Waals surface area (Å²) in [5.74, 6) is -2.50. The summed E-state index contributed by atoms with van der Waals surface area (Å²) in [6, 6.07) is -1.96. The number of carbonyl (C=O) groups is 4. The van der Waals surface area contributed by atoms with Gasteiger partial charge in [-0.15, -0.1) is 0 Å². The van der Waals surface area contributed by atoms with E-state index in [0.29, 0.717) is 0 Å². The lowest BCUT2D eigenvalue weighted by atomic mass is 10.1. The number of primary amides is 2. The van der Waals surface area contributed by atoms with Crippen molar-refractivity contribution in [3.05, 3.63) is 0 Å². The molecule has 88 valence electrons. The van der Waals surface area contributed by atoms with Crippen LogP contribution >= 0.6 is 0 Å². The van der Waals surface area contributed by atoms with E-state index in [1.807, 2.05) is 0 Å². The first-order chi connectivity index (χ1) is 7.40. The molecule has 8 nitrogen and oxygen atoms in total. The van der Waals surface area contributed by atoms with E-state index in [9.17, 15) is 19.2 Å². The number of carbonyl (C=O) groups excluding carboxylic acids is 4. The second kappa shape index (κ2) is 4.60. The van der Waals surface area contributed by atoms with Crippen molar-refractivity contribution in [1.29, 1.82) is 0 Å². The normalized spacial score (nSPS) is 24.5. The fraction of sp³-hybridized carbons (Fsp3) is 0.500. The number of nitrogens with two attached hydrogens (primary N) is 2. The summed E-state index contributed by atoms with van der Waals surface area (Å²) in [7, 11) is 0. The van der Waals surface area contributed by atoms with Crippen LogP contribution in [0.2, 0.25) is 0 Å². The van der Waals surface area contributed by atoms with Crippen LogP contribution in [-0.2, 0) is 19.2 Å². The van der Waals surface area contributed by atoms with Gasteiger partial charge < -0.3 is 22.1 Å². The zero-order chi connectivity index (χ0) is 12.3. The fourth-order valence-corrected chi connectivity index (χ4v) is 1.37. The Morgan fingerprint density at radius 3 is 1.50 bits per heavy atom. The summed E-state index contributed by atoms with van der Waals surface area (Å²) >= 11 is 0. The Kier molecular flexibility index (Phi) is 3.44. The number of nitrogens with one attached hydrogen (secondary N) is 2. The molecule has 1 fully saturated rings. The van der Waals surface area contributed by atoms with E-state index in [0.717, 1.165) is 0 Å². The van der Waals surface area contributed by atoms with Gasteiger partial charge in [-0.05, 0) is 0 Å². The molecule has 6 N–H and O–H groups in total. The highest BCUT2D eigenvalue weighted by Gasteiger charge is 2.34. The number of hydrogen-bond acceptors (Lipinski definition) is 4. The first kappa shape index (κ1) is 12.0. The maximum atomic E-state index is 11.4. The molecule has 2 unspecified atom stereocenters. The molecule has 1 aliphatic rings. The van der Waals surface area contributed by atoms with Crippen molar-refractivity contribution in [2.24, 2.45) is 11.5 Å². The van der Waals surface area contributed by atoms with E-state index < -0.39 is 35.7 Å². The van der Waals surface area contributed by atoms with Crippen molar-refractivity contribution in [2.45, 2.75) is 24.9 Å². The van der Waals surface area contributed by atoms with Crippen LogP contribution in [0.4, 0.5) is 0 Å². The maximum Gasteiger partial charge on any atom is 0.243 e. The summed E-state index contributed by atoms with van der Waals surface area (Å²) in [5, 5.41) is 4.59. The third-order valence-corrected chi connectivity index (χ3v) is 2.08. The first-order valence-electron chi connectivity index (χ1n) is 4.57. The SMILES string of the molecule is NC(=O)CC1NC(=O)C(CC(N)=O)NC1=O. The van der Waals surface area contributed by atoms with Gasteiger partial charge >= 0.3 is 0 Å². The van der Waals surface area contributed by atoms with E-state index in [-0.39, 0.29) is 12.8 Å². The number of amides is 4. The standard InChI is InChI=1S/C8H12N4O4/c9-5(13)1-3-7(15)12-4(2-6(10)14)8(16)11-3/h3-4H,1-2H2,(H2,9,13)(H2,10,14)(H,11,16)(H,12,15). The Labute approximate surface area is 90.7 Å². The Morgan fingerprint density at radius 1 is 0.938 bits per heavy atom. The highest BCUT2D eigenvalue weighted by molar-refractivity contribution is 6.00. The lowest BCUT2D eigenvalue weighted by molar-refractivity contribution is -0.139. The monoisotopic (exact) mass is 228 g/mol. The Balaban J connectivity index is 2.63. The second-order valence-corrected chi connectivity index (χ2v) is 3.46. The topological polar surface area (TPSA) is 144 Å². The molecule has 0 aliphatic carbocycles. The molecule has 2 atom stereocenters. The van der Waals surface area contributed by atoms with Crippen LogP contribution in [0, 0.1) is 0 Å². The van der Waals surface area contributed by atoms with Crippen LogP contribution in [0.5, 0.6) is 0 Å². The molecule has 0 aromatic heterocycles. The molecule has 1 heterocycles. The minimum Gasteiger partial charge on any atom is -0.370 e. The van der Waals surface area contributed by atoms with E-state index in [1.54, 1.807) is 0 Å². The average molecular weight is 228 g/mol. The molecule has 0 aromatic carbocycles. The first-order valence-corrected chi connectivity index (χ1v) is 4.57. The molecular formula is C8H12N4O4. The van der Waals surface area contributed by atoms with Crippen LogP contribution in [0.1, 0.15) is 12.8 Å². The number of hydrogen-bond donors (Lipinski definition) is 4. The van der Waals surface area contributed by atoms with Crippen molar-refractivity contribution in [2.75, 3.05) is 0 Å². The van der Waals surface area contributed by atoms with Crippen molar-refractivity contribution in [3.63, 3.8) is 0 Å². The third-order valence-electron chi connectivity index (χ3n) is 2.08. The molecule has 0 bridgehead atoms. The van der Waals surface area contributed by atoms with Crippen LogP contribution in [-0.4, -0.2) is 35.7 Å². The van der Waals surface area contributed by atoms with E-state index in [4.69, 9.17) is 11.5 Å². The predicted octanol–water partition coefficient (Wildman–Crippen LogP) is -3.28. The highest BCUT2D eigenvalue weighted by atomic mass is 16.2. The highest BCUT2D eigenvalue weighted by Crippen LogP contribution is 2.03. The second-order valence-electron chi connectivity index (χ2n) is 3.46. The molecular weight excluding hydrogens is 216 g/mol. The predicted molar refractivity (Wildman–Crippen MR) is 51.5 cm³/mol. The Bertz CT molecular complexity index is 320. The number of rotatable bonds is 4. The van der Waals surface area contributed by atoms with Gasteiger partial charge in [0.2, 0.25) is 23.6 Å². The van der Waals surface area contributed by atoms with Crippen molar-refractivity contribution >= 4 is 23.6 Å². The molecule has 0 spiro atoms. The van der Waals surface area contributed by atoms with Crippen LogP contribution < -0.4 is 22.1 Å².